The molecule has 0 atom stereocenters. The fraction of sp³-hybridized carbons (Fsp3) is 0.667. The van der Waals surface area contributed by atoms with Crippen molar-refractivity contribution in [2.75, 3.05) is 29.6 Å². The van der Waals surface area contributed by atoms with Crippen LogP contribution in [-0.4, -0.2) is 35.4 Å². The Morgan fingerprint density at radius 1 is 1.47 bits per heavy atom. The van der Waals surface area contributed by atoms with Crippen LogP contribution in [0.4, 0.5) is 11.6 Å². The number of nitrogens with zero attached hydrogens (tertiary/aromatic N) is 3. The van der Waals surface area contributed by atoms with Crippen molar-refractivity contribution in [3.05, 3.63) is 11.9 Å². The van der Waals surface area contributed by atoms with Crippen molar-refractivity contribution in [2.45, 2.75) is 32.2 Å². The summed E-state index contributed by atoms with van der Waals surface area (Å²) in [5.41, 5.74) is 0. The van der Waals surface area contributed by atoms with Crippen molar-refractivity contribution in [1.82, 2.24) is 9.97 Å². The maximum atomic E-state index is 4.50. The third kappa shape index (κ3) is 3.03. The van der Waals surface area contributed by atoms with Crippen LogP contribution < -0.4 is 10.2 Å². The minimum Gasteiger partial charge on any atom is -0.369 e. The number of thiol groups is 1. The van der Waals surface area contributed by atoms with Gasteiger partial charge < -0.3 is 10.2 Å². The molecule has 5 heteroatoms. The van der Waals surface area contributed by atoms with Crippen LogP contribution in [0.15, 0.2) is 6.07 Å². The smallest absolute Gasteiger partial charge is 0.134 e. The molecule has 94 valence electrons. The molecule has 17 heavy (non-hydrogen) atoms. The molecule has 1 aliphatic rings. The van der Waals surface area contributed by atoms with Gasteiger partial charge in [-0.3, -0.25) is 0 Å². The van der Waals surface area contributed by atoms with Crippen LogP contribution in [0.2, 0.25) is 0 Å². The lowest BCUT2D eigenvalue weighted by molar-refractivity contribution is 0.399. The second-order valence-electron chi connectivity index (χ2n) is 4.50. The van der Waals surface area contributed by atoms with E-state index in [4.69, 9.17) is 0 Å². The van der Waals surface area contributed by atoms with Crippen LogP contribution in [0.3, 0.4) is 0 Å². The molecule has 1 heterocycles. The predicted octanol–water partition coefficient (Wildman–Crippen LogP) is 2.12. The molecule has 1 saturated carbocycles. The summed E-state index contributed by atoms with van der Waals surface area (Å²) >= 11 is 4.18. The summed E-state index contributed by atoms with van der Waals surface area (Å²) in [6.45, 7) is 2.76. The maximum absolute atomic E-state index is 4.50. The molecule has 0 radical (unpaired) electrons. The number of aryl methyl sites for hydroxylation is 1. The fourth-order valence-corrected chi connectivity index (χ4v) is 2.08. The van der Waals surface area contributed by atoms with Gasteiger partial charge in [0.25, 0.3) is 0 Å². The highest BCUT2D eigenvalue weighted by Crippen LogP contribution is 2.27. The lowest BCUT2D eigenvalue weighted by Crippen LogP contribution is -2.37. The fourth-order valence-electron chi connectivity index (χ4n) is 1.97. The van der Waals surface area contributed by atoms with Gasteiger partial charge in [-0.2, -0.15) is 12.6 Å². The van der Waals surface area contributed by atoms with E-state index in [0.29, 0.717) is 6.04 Å². The highest BCUT2D eigenvalue weighted by Gasteiger charge is 2.23. The predicted molar refractivity (Wildman–Crippen MR) is 75.2 cm³/mol. The largest absolute Gasteiger partial charge is 0.369 e. The van der Waals surface area contributed by atoms with E-state index >= 15 is 0 Å². The van der Waals surface area contributed by atoms with Crippen molar-refractivity contribution >= 4 is 24.3 Å². The normalized spacial score (nSPS) is 15.5. The number of hydrogen-bond acceptors (Lipinski definition) is 5. The number of nitrogens with one attached hydrogen (secondary N) is 1. The Labute approximate surface area is 108 Å². The molecule has 2 rings (SSSR count). The molecule has 1 N–H and O–H groups in total. The quantitative estimate of drug-likeness (QED) is 0.788. The average molecular weight is 252 g/mol. The van der Waals surface area contributed by atoms with Crippen molar-refractivity contribution in [1.29, 1.82) is 0 Å². The zero-order valence-electron chi connectivity index (χ0n) is 10.5. The first kappa shape index (κ1) is 12.5. The van der Waals surface area contributed by atoms with E-state index in [2.05, 4.69) is 39.9 Å². The van der Waals surface area contributed by atoms with Gasteiger partial charge in [0.2, 0.25) is 0 Å². The summed E-state index contributed by atoms with van der Waals surface area (Å²) in [5.74, 6) is 3.53. The molecule has 0 saturated heterocycles. The lowest BCUT2D eigenvalue weighted by atomic mass is 9.92. The molecule has 1 aromatic rings. The van der Waals surface area contributed by atoms with Gasteiger partial charge in [0, 0.05) is 31.5 Å². The van der Waals surface area contributed by atoms with Crippen molar-refractivity contribution in [2.24, 2.45) is 0 Å². The van der Waals surface area contributed by atoms with Gasteiger partial charge in [0.1, 0.15) is 17.5 Å². The Morgan fingerprint density at radius 3 is 2.82 bits per heavy atom. The SMILES string of the molecule is Cc1nc(NCCS)cc(N(C)C2CCC2)n1. The molecule has 1 fully saturated rings. The van der Waals surface area contributed by atoms with E-state index in [-0.39, 0.29) is 0 Å². The minimum atomic E-state index is 0.655. The van der Waals surface area contributed by atoms with Gasteiger partial charge in [-0.15, -0.1) is 0 Å². The molecule has 4 nitrogen and oxygen atoms in total. The molecule has 0 bridgehead atoms. The molecular formula is C12H20N4S. The highest BCUT2D eigenvalue weighted by molar-refractivity contribution is 7.80. The van der Waals surface area contributed by atoms with Gasteiger partial charge in [0.15, 0.2) is 0 Å². The Balaban J connectivity index is 2.12. The van der Waals surface area contributed by atoms with Crippen LogP contribution in [0, 0.1) is 6.92 Å². The van der Waals surface area contributed by atoms with E-state index in [9.17, 15) is 0 Å². The average Bonchev–Trinajstić information content (AvgIpc) is 2.23. The summed E-state index contributed by atoms with van der Waals surface area (Å²) in [4.78, 5) is 11.1. The van der Waals surface area contributed by atoms with E-state index in [1.165, 1.54) is 19.3 Å². The maximum Gasteiger partial charge on any atom is 0.134 e. The van der Waals surface area contributed by atoms with Crippen molar-refractivity contribution in [3.8, 4) is 0 Å². The van der Waals surface area contributed by atoms with E-state index < -0.39 is 0 Å². The summed E-state index contributed by atoms with van der Waals surface area (Å²) < 4.78 is 0. The molecular weight excluding hydrogens is 232 g/mol. The van der Waals surface area contributed by atoms with Crippen molar-refractivity contribution < 1.29 is 0 Å². The van der Waals surface area contributed by atoms with Crippen molar-refractivity contribution in [3.63, 3.8) is 0 Å². The minimum absolute atomic E-state index is 0.655. The molecule has 0 aliphatic heterocycles. The molecule has 0 unspecified atom stereocenters. The Bertz CT molecular complexity index is 379. The molecule has 0 amide bonds. The van der Waals surface area contributed by atoms with Gasteiger partial charge in [-0.05, 0) is 26.2 Å². The summed E-state index contributed by atoms with van der Waals surface area (Å²) in [5, 5.41) is 3.25. The third-order valence-electron chi connectivity index (χ3n) is 3.23. The van der Waals surface area contributed by atoms with Gasteiger partial charge >= 0.3 is 0 Å². The summed E-state index contributed by atoms with van der Waals surface area (Å²) in [7, 11) is 2.12. The number of aromatic nitrogens is 2. The molecule has 1 aromatic heterocycles. The Kier molecular flexibility index (Phi) is 4.10. The monoisotopic (exact) mass is 252 g/mol. The Hall–Kier alpha value is -0.970. The van der Waals surface area contributed by atoms with E-state index in [0.717, 1.165) is 29.8 Å². The number of rotatable bonds is 5. The standard InChI is InChI=1S/C12H20N4S/c1-9-14-11(13-6-7-17)8-12(15-9)16(2)10-4-3-5-10/h8,10,17H,3-7H2,1-2H3,(H,13,14,15). The first-order chi connectivity index (χ1) is 8.20. The van der Waals surface area contributed by atoms with Crippen LogP contribution in [0.25, 0.3) is 0 Å². The number of anilines is 2. The zero-order valence-corrected chi connectivity index (χ0v) is 11.4. The first-order valence-electron chi connectivity index (χ1n) is 6.14. The van der Waals surface area contributed by atoms with Crippen LogP contribution in [0.1, 0.15) is 25.1 Å². The van der Waals surface area contributed by atoms with Crippen LogP contribution in [-0.2, 0) is 0 Å². The molecule has 0 aromatic carbocycles. The summed E-state index contributed by atoms with van der Waals surface area (Å²) in [6, 6.07) is 2.68. The second-order valence-corrected chi connectivity index (χ2v) is 4.95. The third-order valence-corrected chi connectivity index (χ3v) is 3.45. The topological polar surface area (TPSA) is 41.1 Å². The van der Waals surface area contributed by atoms with Gasteiger partial charge in [0.05, 0.1) is 0 Å². The lowest BCUT2D eigenvalue weighted by Gasteiger charge is -2.35. The first-order valence-corrected chi connectivity index (χ1v) is 6.77. The van der Waals surface area contributed by atoms with Crippen LogP contribution in [0.5, 0.6) is 0 Å². The molecule has 0 spiro atoms. The van der Waals surface area contributed by atoms with Gasteiger partial charge in [-0.1, -0.05) is 0 Å². The van der Waals surface area contributed by atoms with Gasteiger partial charge in [-0.25, -0.2) is 9.97 Å². The Morgan fingerprint density at radius 2 is 2.24 bits per heavy atom. The number of hydrogen-bond donors (Lipinski definition) is 2. The zero-order chi connectivity index (χ0) is 12.3. The molecule has 1 aliphatic carbocycles. The van der Waals surface area contributed by atoms with Crippen LogP contribution >= 0.6 is 12.6 Å². The second kappa shape index (κ2) is 5.58. The van der Waals surface area contributed by atoms with E-state index in [1.807, 2.05) is 13.0 Å². The summed E-state index contributed by atoms with van der Waals surface area (Å²) in [6.07, 6.45) is 3.89. The van der Waals surface area contributed by atoms with E-state index in [1.54, 1.807) is 0 Å². The highest BCUT2D eigenvalue weighted by atomic mass is 32.1.